The molecule has 142 valence electrons. The van der Waals surface area contributed by atoms with Gasteiger partial charge in [-0.25, -0.2) is 0 Å². The number of hydrogen-bond donors (Lipinski definition) is 1. The minimum atomic E-state index is -4.28. The van der Waals surface area contributed by atoms with Gasteiger partial charge in [0.05, 0.1) is 38.3 Å². The van der Waals surface area contributed by atoms with E-state index in [4.69, 9.17) is 0 Å². The number of benzene rings is 1. The molecule has 2 aliphatic rings. The van der Waals surface area contributed by atoms with E-state index in [-0.39, 0.29) is 0 Å². The van der Waals surface area contributed by atoms with Crippen LogP contribution in [0.4, 0.5) is 18.9 Å². The normalized spacial score (nSPS) is 22.2. The number of alkyl halides is 3. The Morgan fingerprint density at radius 3 is 2.58 bits per heavy atom. The zero-order valence-electron chi connectivity index (χ0n) is 15.4. The summed E-state index contributed by atoms with van der Waals surface area (Å²) in [5.74, 6) is 0.631. The predicted molar refractivity (Wildman–Crippen MR) is 99.5 cm³/mol. The van der Waals surface area contributed by atoms with E-state index < -0.39 is 11.7 Å². The number of allylic oxidation sites excluding steroid dienone is 2. The number of hydrogen-bond acceptors (Lipinski definition) is 1. The molecule has 1 saturated heterocycles. The van der Waals surface area contributed by atoms with Crippen molar-refractivity contribution in [2.24, 2.45) is 5.92 Å². The summed E-state index contributed by atoms with van der Waals surface area (Å²) in [6.07, 6.45) is 1.56. The van der Waals surface area contributed by atoms with Crippen LogP contribution in [0.25, 0.3) is 0 Å². The predicted octanol–water partition coefficient (Wildman–Crippen LogP) is 3.71. The molecule has 3 rings (SSSR count). The van der Waals surface area contributed by atoms with E-state index >= 15 is 0 Å². The Morgan fingerprint density at radius 2 is 2.00 bits per heavy atom. The second kappa shape index (κ2) is 7.87. The van der Waals surface area contributed by atoms with E-state index in [1.54, 1.807) is 6.07 Å². The molecule has 0 amide bonds. The number of quaternary nitrogens is 1. The first-order chi connectivity index (χ1) is 12.3. The van der Waals surface area contributed by atoms with E-state index in [1.807, 2.05) is 0 Å². The molecule has 1 fully saturated rings. The van der Waals surface area contributed by atoms with Gasteiger partial charge in [0.25, 0.3) is 0 Å². The number of halogens is 3. The second-order valence-corrected chi connectivity index (χ2v) is 7.64. The maximum Gasteiger partial charge on any atom is 0.416 e. The van der Waals surface area contributed by atoms with Gasteiger partial charge >= 0.3 is 6.18 Å². The van der Waals surface area contributed by atoms with Gasteiger partial charge < -0.3 is 9.80 Å². The first kappa shape index (κ1) is 19.0. The highest BCUT2D eigenvalue weighted by Gasteiger charge is 2.31. The molecule has 0 aromatic heterocycles. The van der Waals surface area contributed by atoms with Crippen molar-refractivity contribution in [1.82, 2.24) is 0 Å². The van der Waals surface area contributed by atoms with E-state index in [2.05, 4.69) is 24.5 Å². The number of rotatable bonds is 4. The van der Waals surface area contributed by atoms with Crippen molar-refractivity contribution < 1.29 is 18.1 Å². The van der Waals surface area contributed by atoms with Crippen molar-refractivity contribution in [2.45, 2.75) is 32.4 Å². The third-order valence-electron chi connectivity index (χ3n) is 5.69. The van der Waals surface area contributed by atoms with Gasteiger partial charge in [0.2, 0.25) is 0 Å². The highest BCUT2D eigenvalue weighted by molar-refractivity contribution is 5.49. The summed E-state index contributed by atoms with van der Waals surface area (Å²) in [4.78, 5) is 3.61. The fourth-order valence-corrected chi connectivity index (χ4v) is 3.95. The van der Waals surface area contributed by atoms with Crippen LogP contribution in [0.5, 0.6) is 0 Å². The molecule has 1 aromatic carbocycles. The minimum Gasteiger partial charge on any atom is -0.360 e. The number of nitrogens with zero attached hydrogens (tertiary/aromatic N) is 1. The first-order valence-corrected chi connectivity index (χ1v) is 9.42. The average Bonchev–Trinajstić information content (AvgIpc) is 2.62. The Labute approximate surface area is 154 Å². The van der Waals surface area contributed by atoms with Gasteiger partial charge in [-0.15, -0.1) is 0 Å². The molecule has 0 spiro atoms. The molecule has 1 heterocycles. The maximum absolute atomic E-state index is 12.9. The number of piperazine rings is 1. The van der Waals surface area contributed by atoms with Crippen LogP contribution >= 0.6 is 0 Å². The van der Waals surface area contributed by atoms with E-state index in [1.165, 1.54) is 34.6 Å². The van der Waals surface area contributed by atoms with E-state index in [0.29, 0.717) is 11.6 Å². The topological polar surface area (TPSA) is 7.68 Å². The van der Waals surface area contributed by atoms with Crippen molar-refractivity contribution in [2.75, 3.05) is 37.6 Å². The fraction of sp³-hybridized carbons (Fsp3) is 0.524. The highest BCUT2D eigenvalue weighted by Crippen LogP contribution is 2.31. The van der Waals surface area contributed by atoms with Crippen molar-refractivity contribution in [1.29, 1.82) is 0 Å². The van der Waals surface area contributed by atoms with Crippen LogP contribution in [-0.4, -0.2) is 32.7 Å². The Hall–Kier alpha value is -1.75. The van der Waals surface area contributed by atoms with Crippen LogP contribution < -0.4 is 9.80 Å². The third kappa shape index (κ3) is 4.70. The fourth-order valence-electron chi connectivity index (χ4n) is 3.95. The molecule has 0 bridgehead atoms. The molecule has 0 saturated carbocycles. The molecule has 1 aliphatic heterocycles. The molecule has 5 heteroatoms. The van der Waals surface area contributed by atoms with Crippen molar-refractivity contribution in [3.8, 4) is 0 Å². The van der Waals surface area contributed by atoms with Gasteiger partial charge in [0.15, 0.2) is 0 Å². The van der Waals surface area contributed by atoms with Crippen molar-refractivity contribution in [3.05, 3.63) is 53.6 Å². The zero-order chi connectivity index (χ0) is 18.7. The standard InChI is InChI=1S/C21H27F3N2/c1-16(2)18-8-6-17(7-9-18)15-25-10-12-26(13-11-25)20-5-3-4-19(14-20)21(22,23)24/h3-6,14,18H,1,7-13,15H2,2H3/p+1/t18-/m0/s1. The molecule has 1 aromatic rings. The molecule has 0 unspecified atom stereocenters. The smallest absolute Gasteiger partial charge is 0.360 e. The van der Waals surface area contributed by atoms with Crippen LogP contribution in [0.1, 0.15) is 31.7 Å². The van der Waals surface area contributed by atoms with Crippen molar-refractivity contribution in [3.63, 3.8) is 0 Å². The summed E-state index contributed by atoms with van der Waals surface area (Å²) in [5, 5.41) is 0. The lowest BCUT2D eigenvalue weighted by molar-refractivity contribution is -0.895. The molecule has 1 aliphatic carbocycles. The van der Waals surface area contributed by atoms with E-state index in [0.717, 1.165) is 51.6 Å². The summed E-state index contributed by atoms with van der Waals surface area (Å²) >= 11 is 0. The van der Waals surface area contributed by atoms with Crippen LogP contribution in [-0.2, 0) is 6.18 Å². The van der Waals surface area contributed by atoms with Crippen LogP contribution in [0.2, 0.25) is 0 Å². The number of anilines is 1. The Morgan fingerprint density at radius 1 is 1.27 bits per heavy atom. The van der Waals surface area contributed by atoms with Gasteiger partial charge in [-0.05, 0) is 55.9 Å². The Kier molecular flexibility index (Phi) is 5.76. The van der Waals surface area contributed by atoms with Gasteiger partial charge in [-0.3, -0.25) is 0 Å². The second-order valence-electron chi connectivity index (χ2n) is 7.64. The monoisotopic (exact) mass is 365 g/mol. The third-order valence-corrected chi connectivity index (χ3v) is 5.69. The summed E-state index contributed by atoms with van der Waals surface area (Å²) in [6, 6.07) is 5.69. The van der Waals surface area contributed by atoms with Gasteiger partial charge in [0.1, 0.15) is 0 Å². The van der Waals surface area contributed by atoms with Crippen LogP contribution in [0.15, 0.2) is 48.1 Å². The molecule has 26 heavy (non-hydrogen) atoms. The summed E-state index contributed by atoms with van der Waals surface area (Å²) in [5.41, 5.74) is 2.93. The molecule has 0 radical (unpaired) electrons. The van der Waals surface area contributed by atoms with Gasteiger partial charge in [-0.2, -0.15) is 13.2 Å². The van der Waals surface area contributed by atoms with Crippen molar-refractivity contribution >= 4 is 5.69 Å². The number of nitrogens with one attached hydrogen (secondary N) is 1. The quantitative estimate of drug-likeness (QED) is 0.800. The first-order valence-electron chi connectivity index (χ1n) is 9.42. The lowest BCUT2D eigenvalue weighted by Gasteiger charge is -2.35. The molecular weight excluding hydrogens is 337 g/mol. The zero-order valence-corrected chi connectivity index (χ0v) is 15.4. The highest BCUT2D eigenvalue weighted by atomic mass is 19.4. The minimum absolute atomic E-state index is 0.566. The van der Waals surface area contributed by atoms with Crippen LogP contribution in [0, 0.1) is 5.92 Å². The van der Waals surface area contributed by atoms with Gasteiger partial charge in [0, 0.05) is 5.69 Å². The lowest BCUT2D eigenvalue weighted by atomic mass is 9.85. The Balaban J connectivity index is 1.53. The lowest BCUT2D eigenvalue weighted by Crippen LogP contribution is -3.15. The van der Waals surface area contributed by atoms with Crippen LogP contribution in [0.3, 0.4) is 0 Å². The maximum atomic E-state index is 12.9. The molecule has 2 nitrogen and oxygen atoms in total. The summed E-state index contributed by atoms with van der Waals surface area (Å²) in [7, 11) is 0. The molecular formula is C21H28F3N2+. The SMILES string of the molecule is C=C(C)[C@H]1CC=C(C[NH+]2CCN(c3cccc(C(F)(F)F)c3)CC2)CC1. The molecule has 1 atom stereocenters. The average molecular weight is 365 g/mol. The largest absolute Gasteiger partial charge is 0.416 e. The summed E-state index contributed by atoms with van der Waals surface area (Å²) in [6.45, 7) is 10.8. The van der Waals surface area contributed by atoms with Gasteiger partial charge in [-0.1, -0.05) is 24.3 Å². The molecule has 1 N–H and O–H groups in total. The Bertz CT molecular complexity index is 670. The summed E-state index contributed by atoms with van der Waals surface area (Å²) < 4.78 is 38.7. The van der Waals surface area contributed by atoms with E-state index in [9.17, 15) is 13.2 Å².